The van der Waals surface area contributed by atoms with Gasteiger partial charge in [0.2, 0.25) is 0 Å². The molecule has 2 rings (SSSR count). The predicted octanol–water partition coefficient (Wildman–Crippen LogP) is 1.30. The van der Waals surface area contributed by atoms with Crippen molar-refractivity contribution < 1.29 is 4.74 Å². The van der Waals surface area contributed by atoms with E-state index in [-0.39, 0.29) is 18.1 Å². The maximum atomic E-state index is 5.58. The zero-order chi connectivity index (χ0) is 8.44. The molecule has 72 valence electrons. The van der Waals surface area contributed by atoms with Crippen LogP contribution in [-0.4, -0.2) is 18.1 Å². The van der Waals surface area contributed by atoms with E-state index in [1.54, 1.807) is 6.20 Å². The quantitative estimate of drug-likeness (QED) is 0.742. The molecule has 1 aromatic rings. The van der Waals surface area contributed by atoms with Gasteiger partial charge in [0.1, 0.15) is 5.72 Å². The van der Waals surface area contributed by atoms with Gasteiger partial charge in [-0.05, 0) is 13.0 Å². The van der Waals surface area contributed by atoms with Crippen molar-refractivity contribution >= 4 is 12.4 Å². The van der Waals surface area contributed by atoms with Crippen LogP contribution in [0.4, 0.5) is 0 Å². The molecule has 1 aliphatic rings. The first kappa shape index (κ1) is 10.4. The standard InChI is InChI=1S/C9H12N2O.ClH/c1-9(11-5-6-12-9)8-3-2-4-10-7-8;/h2-4,7,11H,5-6H2,1H3;1H. The van der Waals surface area contributed by atoms with Crippen LogP contribution in [0.1, 0.15) is 12.5 Å². The molecule has 2 heterocycles. The van der Waals surface area contributed by atoms with E-state index in [9.17, 15) is 0 Å². The summed E-state index contributed by atoms with van der Waals surface area (Å²) in [5.41, 5.74) is 0.761. The molecule has 1 aliphatic heterocycles. The van der Waals surface area contributed by atoms with Crippen LogP contribution < -0.4 is 5.32 Å². The Hall–Kier alpha value is -0.640. The second-order valence-corrected chi connectivity index (χ2v) is 3.05. The summed E-state index contributed by atoms with van der Waals surface area (Å²) in [4.78, 5) is 4.05. The summed E-state index contributed by atoms with van der Waals surface area (Å²) in [6.45, 7) is 3.70. The van der Waals surface area contributed by atoms with Gasteiger partial charge in [0.15, 0.2) is 0 Å². The molecule has 4 heteroatoms. The van der Waals surface area contributed by atoms with E-state index in [4.69, 9.17) is 4.74 Å². The number of pyridine rings is 1. The van der Waals surface area contributed by atoms with Crippen LogP contribution in [0.25, 0.3) is 0 Å². The molecule has 0 aliphatic carbocycles. The Morgan fingerprint density at radius 1 is 1.62 bits per heavy atom. The Morgan fingerprint density at radius 2 is 2.46 bits per heavy atom. The second kappa shape index (κ2) is 4.05. The van der Waals surface area contributed by atoms with Crippen LogP contribution in [0.15, 0.2) is 24.5 Å². The highest BCUT2D eigenvalue weighted by molar-refractivity contribution is 5.85. The molecule has 0 saturated carbocycles. The number of nitrogens with one attached hydrogen (secondary N) is 1. The zero-order valence-corrected chi connectivity index (χ0v) is 8.30. The molecule has 13 heavy (non-hydrogen) atoms. The van der Waals surface area contributed by atoms with Gasteiger partial charge in [-0.2, -0.15) is 0 Å². The lowest BCUT2D eigenvalue weighted by molar-refractivity contribution is 0.00220. The number of ether oxygens (including phenoxy) is 1. The highest BCUT2D eigenvalue weighted by Crippen LogP contribution is 2.23. The van der Waals surface area contributed by atoms with Gasteiger partial charge >= 0.3 is 0 Å². The van der Waals surface area contributed by atoms with Crippen LogP contribution in [0.3, 0.4) is 0 Å². The molecule has 0 amide bonds. The van der Waals surface area contributed by atoms with Crippen LogP contribution in [-0.2, 0) is 10.5 Å². The van der Waals surface area contributed by atoms with Crippen molar-refractivity contribution in [3.05, 3.63) is 30.1 Å². The van der Waals surface area contributed by atoms with Crippen molar-refractivity contribution in [2.75, 3.05) is 13.2 Å². The van der Waals surface area contributed by atoms with E-state index in [2.05, 4.69) is 10.3 Å². The SMILES string of the molecule is CC1(c2cccnc2)NCCO1.Cl. The third-order valence-electron chi connectivity index (χ3n) is 2.17. The smallest absolute Gasteiger partial charge is 0.144 e. The molecule has 1 saturated heterocycles. The molecule has 1 fully saturated rings. The predicted molar refractivity (Wildman–Crippen MR) is 52.8 cm³/mol. The Bertz CT molecular complexity index is 260. The topological polar surface area (TPSA) is 34.2 Å². The Balaban J connectivity index is 0.000000845. The Kier molecular flexibility index (Phi) is 3.25. The van der Waals surface area contributed by atoms with Gasteiger partial charge in [0.05, 0.1) is 6.61 Å². The molecule has 1 unspecified atom stereocenters. The average Bonchev–Trinajstić information content (AvgIpc) is 2.55. The van der Waals surface area contributed by atoms with Gasteiger partial charge in [0, 0.05) is 24.5 Å². The molecule has 1 aromatic heterocycles. The van der Waals surface area contributed by atoms with Crippen LogP contribution in [0.2, 0.25) is 0 Å². The number of rotatable bonds is 1. The summed E-state index contributed by atoms with van der Waals surface area (Å²) in [6.07, 6.45) is 3.60. The van der Waals surface area contributed by atoms with Crippen molar-refractivity contribution in [3.8, 4) is 0 Å². The highest BCUT2D eigenvalue weighted by Gasteiger charge is 2.30. The fourth-order valence-corrected chi connectivity index (χ4v) is 1.43. The first-order valence-electron chi connectivity index (χ1n) is 4.11. The molecule has 3 nitrogen and oxygen atoms in total. The third kappa shape index (κ3) is 1.99. The van der Waals surface area contributed by atoms with E-state index >= 15 is 0 Å². The van der Waals surface area contributed by atoms with E-state index in [0.717, 1.165) is 18.7 Å². The Morgan fingerprint density at radius 3 is 3.00 bits per heavy atom. The minimum Gasteiger partial charge on any atom is -0.355 e. The molecule has 0 radical (unpaired) electrons. The lowest BCUT2D eigenvalue weighted by Gasteiger charge is -2.23. The molecule has 1 N–H and O–H groups in total. The number of hydrogen-bond donors (Lipinski definition) is 1. The van der Waals surface area contributed by atoms with Crippen molar-refractivity contribution in [2.45, 2.75) is 12.6 Å². The average molecular weight is 201 g/mol. The highest BCUT2D eigenvalue weighted by atomic mass is 35.5. The first-order valence-corrected chi connectivity index (χ1v) is 4.11. The summed E-state index contributed by atoms with van der Waals surface area (Å²) in [7, 11) is 0. The largest absolute Gasteiger partial charge is 0.355 e. The molecule has 0 aromatic carbocycles. The van der Waals surface area contributed by atoms with E-state index in [0.29, 0.717) is 0 Å². The molecular formula is C9H13ClN2O. The normalized spacial score (nSPS) is 26.8. The van der Waals surface area contributed by atoms with Gasteiger partial charge in [-0.3, -0.25) is 10.3 Å². The van der Waals surface area contributed by atoms with Crippen molar-refractivity contribution in [1.82, 2.24) is 10.3 Å². The number of halogens is 1. The summed E-state index contributed by atoms with van der Waals surface area (Å²) in [6, 6.07) is 3.94. The van der Waals surface area contributed by atoms with Gasteiger partial charge in [0.25, 0.3) is 0 Å². The molecular weight excluding hydrogens is 188 g/mol. The van der Waals surface area contributed by atoms with Gasteiger partial charge in [-0.25, -0.2) is 0 Å². The van der Waals surface area contributed by atoms with E-state index < -0.39 is 0 Å². The lowest BCUT2D eigenvalue weighted by atomic mass is 10.1. The summed E-state index contributed by atoms with van der Waals surface area (Å²) < 4.78 is 5.58. The monoisotopic (exact) mass is 200 g/mol. The zero-order valence-electron chi connectivity index (χ0n) is 7.49. The van der Waals surface area contributed by atoms with Crippen molar-refractivity contribution in [1.29, 1.82) is 0 Å². The third-order valence-corrected chi connectivity index (χ3v) is 2.17. The van der Waals surface area contributed by atoms with E-state index in [1.165, 1.54) is 0 Å². The summed E-state index contributed by atoms with van der Waals surface area (Å²) >= 11 is 0. The summed E-state index contributed by atoms with van der Waals surface area (Å²) in [5, 5.41) is 3.29. The van der Waals surface area contributed by atoms with Crippen LogP contribution in [0.5, 0.6) is 0 Å². The molecule has 1 atom stereocenters. The lowest BCUT2D eigenvalue weighted by Crippen LogP contribution is -2.34. The number of nitrogens with zero attached hydrogens (tertiary/aromatic N) is 1. The summed E-state index contributed by atoms with van der Waals surface area (Å²) in [5.74, 6) is 0. The second-order valence-electron chi connectivity index (χ2n) is 3.05. The maximum Gasteiger partial charge on any atom is 0.144 e. The number of hydrogen-bond acceptors (Lipinski definition) is 3. The van der Waals surface area contributed by atoms with Gasteiger partial charge < -0.3 is 4.74 Å². The fourth-order valence-electron chi connectivity index (χ4n) is 1.43. The van der Waals surface area contributed by atoms with Gasteiger partial charge in [-0.15, -0.1) is 12.4 Å². The van der Waals surface area contributed by atoms with Crippen LogP contribution in [0, 0.1) is 0 Å². The van der Waals surface area contributed by atoms with Crippen molar-refractivity contribution in [2.24, 2.45) is 0 Å². The Labute approximate surface area is 83.9 Å². The molecule has 0 bridgehead atoms. The van der Waals surface area contributed by atoms with Crippen molar-refractivity contribution in [3.63, 3.8) is 0 Å². The minimum atomic E-state index is -0.325. The van der Waals surface area contributed by atoms with E-state index in [1.807, 2.05) is 25.3 Å². The first-order chi connectivity index (χ1) is 5.81. The minimum absolute atomic E-state index is 0. The van der Waals surface area contributed by atoms with Crippen LogP contribution >= 0.6 is 12.4 Å². The van der Waals surface area contributed by atoms with Gasteiger partial charge in [-0.1, -0.05) is 6.07 Å². The number of aromatic nitrogens is 1. The maximum absolute atomic E-state index is 5.58. The molecule has 0 spiro atoms. The fraction of sp³-hybridized carbons (Fsp3) is 0.444.